The summed E-state index contributed by atoms with van der Waals surface area (Å²) in [7, 11) is 0. The van der Waals surface area contributed by atoms with Gasteiger partial charge in [0.25, 0.3) is 0 Å². The molecule has 2 nitrogen and oxygen atoms in total. The Balaban J connectivity index is 0.00000220. The van der Waals surface area contributed by atoms with Gasteiger partial charge in [-0.15, -0.1) is 12.4 Å². The van der Waals surface area contributed by atoms with Crippen LogP contribution in [0, 0.1) is 0 Å². The molecule has 1 aromatic heterocycles. The van der Waals surface area contributed by atoms with Crippen molar-refractivity contribution in [2.75, 3.05) is 0 Å². The summed E-state index contributed by atoms with van der Waals surface area (Å²) < 4.78 is 53.9. The predicted octanol–water partition coefficient (Wildman–Crippen LogP) is 4.45. The van der Waals surface area contributed by atoms with E-state index in [1.54, 1.807) is 12.1 Å². The molecule has 1 heterocycles. The molecular weight excluding hydrogens is 330 g/mol. The van der Waals surface area contributed by atoms with E-state index in [4.69, 9.17) is 5.73 Å². The molecule has 1 atom stereocenters. The van der Waals surface area contributed by atoms with E-state index in [2.05, 4.69) is 4.74 Å². The minimum absolute atomic E-state index is 0. The lowest BCUT2D eigenvalue weighted by molar-refractivity contribution is -0.253. The smallest absolute Gasteiger partial charge is 0.428 e. The maximum Gasteiger partial charge on any atom is 0.461 e. The molecule has 8 heteroatoms. The van der Waals surface area contributed by atoms with Crippen LogP contribution in [0.2, 0.25) is 0 Å². The first kappa shape index (κ1) is 17.7. The molecule has 0 fully saturated rings. The van der Waals surface area contributed by atoms with Crippen LogP contribution in [0.3, 0.4) is 0 Å². The molecule has 0 aliphatic heterocycles. The second-order valence-corrected chi connectivity index (χ2v) is 4.85. The quantitative estimate of drug-likeness (QED) is 0.815. The SMILES string of the molecule is Cl.N[C@@H](c1ccsc1)c1cccc(OC(F)(F)C(F)F)c1. The molecule has 0 unspecified atom stereocenters. The van der Waals surface area contributed by atoms with Crippen LogP contribution in [0.1, 0.15) is 17.2 Å². The monoisotopic (exact) mass is 341 g/mol. The van der Waals surface area contributed by atoms with E-state index in [1.807, 2.05) is 10.8 Å². The lowest BCUT2D eigenvalue weighted by atomic mass is 10.0. The molecule has 116 valence electrons. The van der Waals surface area contributed by atoms with Crippen molar-refractivity contribution in [1.29, 1.82) is 0 Å². The molecule has 0 aliphatic rings. The van der Waals surface area contributed by atoms with E-state index in [0.717, 1.165) is 5.56 Å². The lowest BCUT2D eigenvalue weighted by Gasteiger charge is -2.18. The van der Waals surface area contributed by atoms with Crippen LogP contribution >= 0.6 is 23.7 Å². The van der Waals surface area contributed by atoms with Crippen molar-refractivity contribution in [2.24, 2.45) is 5.73 Å². The zero-order chi connectivity index (χ0) is 14.8. The van der Waals surface area contributed by atoms with Gasteiger partial charge in [-0.3, -0.25) is 0 Å². The van der Waals surface area contributed by atoms with Crippen LogP contribution in [0.15, 0.2) is 41.1 Å². The summed E-state index contributed by atoms with van der Waals surface area (Å²) >= 11 is 1.45. The van der Waals surface area contributed by atoms with Gasteiger partial charge in [0, 0.05) is 0 Å². The normalized spacial score (nSPS) is 12.9. The van der Waals surface area contributed by atoms with Crippen molar-refractivity contribution in [3.05, 3.63) is 52.2 Å². The first-order valence-corrected chi connectivity index (χ1v) is 6.57. The van der Waals surface area contributed by atoms with Crippen molar-refractivity contribution in [2.45, 2.75) is 18.6 Å². The van der Waals surface area contributed by atoms with Gasteiger partial charge in [-0.05, 0) is 40.1 Å². The standard InChI is InChI=1S/C13H11F4NOS.ClH/c14-12(15)13(16,17)19-10-3-1-2-8(6-10)11(18)9-4-5-20-7-9;/h1-7,11-12H,18H2;1H/t11-;/m1./s1. The number of benzene rings is 1. The molecule has 2 aromatic rings. The van der Waals surface area contributed by atoms with E-state index >= 15 is 0 Å². The first-order valence-electron chi connectivity index (χ1n) is 5.63. The van der Waals surface area contributed by atoms with Crippen LogP contribution < -0.4 is 10.5 Å². The minimum Gasteiger partial charge on any atom is -0.428 e. The highest BCUT2D eigenvalue weighted by molar-refractivity contribution is 7.08. The van der Waals surface area contributed by atoms with Crippen LogP contribution in [0.25, 0.3) is 0 Å². The first-order chi connectivity index (χ1) is 9.40. The molecular formula is C13H12ClF4NOS. The highest BCUT2D eigenvalue weighted by atomic mass is 35.5. The maximum atomic E-state index is 12.8. The summed E-state index contributed by atoms with van der Waals surface area (Å²) in [6.45, 7) is 0. The van der Waals surface area contributed by atoms with E-state index < -0.39 is 18.6 Å². The highest BCUT2D eigenvalue weighted by Gasteiger charge is 2.44. The number of hydrogen-bond donors (Lipinski definition) is 1. The highest BCUT2D eigenvalue weighted by Crippen LogP contribution is 2.30. The number of rotatable bonds is 5. The number of thiophene rings is 1. The zero-order valence-electron chi connectivity index (χ0n) is 10.5. The molecule has 21 heavy (non-hydrogen) atoms. The van der Waals surface area contributed by atoms with Gasteiger partial charge in [-0.25, -0.2) is 0 Å². The Morgan fingerprint density at radius 1 is 1.14 bits per heavy atom. The molecule has 2 N–H and O–H groups in total. The van der Waals surface area contributed by atoms with Crippen molar-refractivity contribution in [3.63, 3.8) is 0 Å². The van der Waals surface area contributed by atoms with Gasteiger partial charge in [0.05, 0.1) is 6.04 Å². The van der Waals surface area contributed by atoms with Crippen molar-refractivity contribution in [1.82, 2.24) is 0 Å². The molecule has 1 aromatic carbocycles. The molecule has 0 spiro atoms. The number of ether oxygens (including phenoxy) is 1. The number of nitrogens with two attached hydrogens (primary N) is 1. The molecule has 0 bridgehead atoms. The molecule has 0 aliphatic carbocycles. The van der Waals surface area contributed by atoms with Crippen LogP contribution in [-0.2, 0) is 0 Å². The predicted molar refractivity (Wildman–Crippen MR) is 75.6 cm³/mol. The molecule has 0 saturated heterocycles. The third-order valence-corrected chi connectivity index (χ3v) is 3.33. The van der Waals surface area contributed by atoms with E-state index in [1.165, 1.54) is 29.5 Å². The van der Waals surface area contributed by atoms with Gasteiger partial charge < -0.3 is 10.5 Å². The average Bonchev–Trinajstić information content (AvgIpc) is 2.91. The summed E-state index contributed by atoms with van der Waals surface area (Å²) in [4.78, 5) is 0. The zero-order valence-corrected chi connectivity index (χ0v) is 12.1. The van der Waals surface area contributed by atoms with Crippen molar-refractivity contribution < 1.29 is 22.3 Å². The molecule has 0 saturated carbocycles. The Morgan fingerprint density at radius 3 is 2.43 bits per heavy atom. The number of alkyl halides is 4. The molecule has 0 radical (unpaired) electrons. The maximum absolute atomic E-state index is 12.8. The Bertz CT molecular complexity index is 565. The largest absolute Gasteiger partial charge is 0.461 e. The Kier molecular flexibility index (Phi) is 6.00. The van der Waals surface area contributed by atoms with Gasteiger partial charge >= 0.3 is 12.5 Å². The van der Waals surface area contributed by atoms with Crippen molar-refractivity contribution in [3.8, 4) is 5.75 Å². The fourth-order valence-electron chi connectivity index (χ4n) is 1.62. The second-order valence-electron chi connectivity index (χ2n) is 4.07. The summed E-state index contributed by atoms with van der Waals surface area (Å²) in [6.07, 6.45) is -8.41. The Hall–Kier alpha value is -1.31. The fourth-order valence-corrected chi connectivity index (χ4v) is 2.31. The summed E-state index contributed by atoms with van der Waals surface area (Å²) in [5, 5.41) is 3.66. The van der Waals surface area contributed by atoms with Crippen LogP contribution in [-0.4, -0.2) is 12.5 Å². The topological polar surface area (TPSA) is 35.2 Å². The summed E-state index contributed by atoms with van der Waals surface area (Å²) in [5.74, 6) is -0.349. The minimum atomic E-state index is -4.52. The van der Waals surface area contributed by atoms with E-state index in [0.29, 0.717) is 5.56 Å². The average molecular weight is 342 g/mol. The van der Waals surface area contributed by atoms with E-state index in [-0.39, 0.29) is 18.2 Å². The van der Waals surface area contributed by atoms with Crippen LogP contribution in [0.4, 0.5) is 17.6 Å². The van der Waals surface area contributed by atoms with Crippen molar-refractivity contribution >= 4 is 23.7 Å². The number of halogens is 5. The lowest BCUT2D eigenvalue weighted by Crippen LogP contribution is -2.33. The fraction of sp³-hybridized carbons (Fsp3) is 0.231. The second kappa shape index (κ2) is 7.11. The third-order valence-electron chi connectivity index (χ3n) is 2.63. The van der Waals surface area contributed by atoms with Gasteiger partial charge in [-0.1, -0.05) is 12.1 Å². The Labute approximate surface area is 128 Å². The van der Waals surface area contributed by atoms with Crippen LogP contribution in [0.5, 0.6) is 5.75 Å². The van der Waals surface area contributed by atoms with E-state index in [9.17, 15) is 17.6 Å². The van der Waals surface area contributed by atoms with Gasteiger partial charge in [-0.2, -0.15) is 28.9 Å². The number of hydrogen-bond acceptors (Lipinski definition) is 3. The third kappa shape index (κ3) is 4.33. The van der Waals surface area contributed by atoms with Gasteiger partial charge in [0.15, 0.2) is 0 Å². The Morgan fingerprint density at radius 2 is 1.86 bits per heavy atom. The molecule has 0 amide bonds. The van der Waals surface area contributed by atoms with Gasteiger partial charge in [0.2, 0.25) is 0 Å². The van der Waals surface area contributed by atoms with Gasteiger partial charge in [0.1, 0.15) is 5.75 Å². The summed E-state index contributed by atoms with van der Waals surface area (Å²) in [6, 6.07) is 6.74. The summed E-state index contributed by atoms with van der Waals surface area (Å²) in [5.41, 5.74) is 7.29. The molecule has 2 rings (SSSR count).